The number of carbonyl (C=O) groups is 4. The van der Waals surface area contributed by atoms with Crippen molar-refractivity contribution in [2.45, 2.75) is 83.3 Å². The van der Waals surface area contributed by atoms with Crippen LogP contribution >= 0.6 is 11.6 Å². The van der Waals surface area contributed by atoms with Crippen molar-refractivity contribution in [2.24, 2.45) is 17.3 Å². The number of halogens is 1. The highest BCUT2D eigenvalue weighted by Gasteiger charge is 2.53. The number of epoxide rings is 1. The van der Waals surface area contributed by atoms with Crippen LogP contribution in [0.25, 0.3) is 0 Å². The van der Waals surface area contributed by atoms with Crippen molar-refractivity contribution in [3.05, 3.63) is 76.8 Å². The van der Waals surface area contributed by atoms with Crippen LogP contribution in [-0.4, -0.2) is 61.8 Å². The van der Waals surface area contributed by atoms with Gasteiger partial charge in [0.15, 0.2) is 6.10 Å². The molecular formula is C36H43ClN2O8. The van der Waals surface area contributed by atoms with E-state index in [-0.39, 0.29) is 49.9 Å². The van der Waals surface area contributed by atoms with E-state index in [1.54, 1.807) is 24.3 Å². The second kappa shape index (κ2) is 14.9. The summed E-state index contributed by atoms with van der Waals surface area (Å²) in [6.45, 7) is 5.83. The highest BCUT2D eigenvalue weighted by Crippen LogP contribution is 2.47. The Kier molecular flexibility index (Phi) is 10.9. The van der Waals surface area contributed by atoms with Crippen LogP contribution in [-0.2, 0) is 39.8 Å². The summed E-state index contributed by atoms with van der Waals surface area (Å²) < 4.78 is 23.2. The lowest BCUT2D eigenvalue weighted by Crippen LogP contribution is -2.49. The monoisotopic (exact) mass is 666 g/mol. The molecule has 1 aliphatic carbocycles. The van der Waals surface area contributed by atoms with E-state index in [1.807, 2.05) is 51.1 Å². The van der Waals surface area contributed by atoms with Crippen LogP contribution in [0, 0.1) is 17.3 Å². The van der Waals surface area contributed by atoms with E-state index >= 15 is 0 Å². The molecule has 2 aromatic rings. The first-order valence-electron chi connectivity index (χ1n) is 16.2. The predicted octanol–water partition coefficient (Wildman–Crippen LogP) is 4.88. The van der Waals surface area contributed by atoms with Crippen molar-refractivity contribution in [2.75, 3.05) is 13.7 Å². The number of nitrogens with one attached hydrogen (secondary N) is 2. The maximum Gasteiger partial charge on any atom is 0.347 e. The van der Waals surface area contributed by atoms with Gasteiger partial charge in [-0.3, -0.25) is 14.4 Å². The Balaban J connectivity index is 1.39. The Morgan fingerprint density at radius 1 is 1.02 bits per heavy atom. The van der Waals surface area contributed by atoms with Crippen molar-refractivity contribution in [1.29, 1.82) is 0 Å². The highest BCUT2D eigenvalue weighted by molar-refractivity contribution is 6.32. The molecule has 2 heterocycles. The molecule has 1 saturated heterocycles. The molecule has 1 saturated carbocycles. The molecule has 2 aromatic carbocycles. The lowest BCUT2D eigenvalue weighted by Gasteiger charge is -2.27. The Morgan fingerprint density at radius 3 is 2.43 bits per heavy atom. The van der Waals surface area contributed by atoms with Gasteiger partial charge < -0.3 is 29.6 Å². The maximum absolute atomic E-state index is 13.6. The second-order valence-electron chi connectivity index (χ2n) is 13.2. The fourth-order valence-electron chi connectivity index (χ4n) is 5.91. The SMILES string of the molecule is COc1ccc(C[C@H]2NC(=O)C=CC[C@@H]([C@H](C)C3OC3c3ccccc3)OC(=O)[C@H](CC(C)C)OC(=O)C3(CC3)CNC2=O)cc1Cl. The number of amides is 2. The first kappa shape index (κ1) is 34.4. The summed E-state index contributed by atoms with van der Waals surface area (Å²) in [5.74, 6) is -1.82. The molecule has 6 atom stereocenters. The minimum Gasteiger partial charge on any atom is -0.495 e. The summed E-state index contributed by atoms with van der Waals surface area (Å²) in [4.78, 5) is 53.7. The number of hydrogen-bond donors (Lipinski definition) is 2. The molecular weight excluding hydrogens is 624 g/mol. The summed E-state index contributed by atoms with van der Waals surface area (Å²) in [5.41, 5.74) is 0.796. The van der Waals surface area contributed by atoms with Crippen LogP contribution in [0.15, 0.2) is 60.7 Å². The number of ether oxygens (including phenoxy) is 4. The largest absolute Gasteiger partial charge is 0.495 e. The minimum atomic E-state index is -1.11. The molecule has 5 rings (SSSR count). The normalized spacial score (nSPS) is 27.0. The molecule has 1 spiro atoms. The smallest absolute Gasteiger partial charge is 0.347 e. The summed E-state index contributed by atoms with van der Waals surface area (Å²) >= 11 is 6.32. The Morgan fingerprint density at radius 2 is 1.77 bits per heavy atom. The number of rotatable bonds is 8. The lowest BCUT2D eigenvalue weighted by molar-refractivity contribution is -0.177. The molecule has 2 fully saturated rings. The third kappa shape index (κ3) is 8.73. The molecule has 11 heteroatoms. The molecule has 2 N–H and O–H groups in total. The van der Waals surface area contributed by atoms with E-state index < -0.39 is 47.4 Å². The number of methoxy groups -OCH3 is 1. The third-order valence-electron chi connectivity index (χ3n) is 9.04. The molecule has 0 aromatic heterocycles. The van der Waals surface area contributed by atoms with Crippen LogP contribution in [0.3, 0.4) is 0 Å². The van der Waals surface area contributed by atoms with Crippen molar-refractivity contribution in [1.82, 2.24) is 10.6 Å². The zero-order valence-electron chi connectivity index (χ0n) is 27.2. The predicted molar refractivity (Wildman–Crippen MR) is 175 cm³/mol. The van der Waals surface area contributed by atoms with Crippen molar-refractivity contribution < 1.29 is 38.1 Å². The van der Waals surface area contributed by atoms with Crippen LogP contribution in [0.2, 0.25) is 5.02 Å². The van der Waals surface area contributed by atoms with Gasteiger partial charge in [0.1, 0.15) is 24.0 Å². The van der Waals surface area contributed by atoms with Gasteiger partial charge in [-0.2, -0.15) is 0 Å². The molecule has 0 bridgehead atoms. The molecule has 47 heavy (non-hydrogen) atoms. The van der Waals surface area contributed by atoms with Crippen molar-refractivity contribution in [3.63, 3.8) is 0 Å². The van der Waals surface area contributed by atoms with Gasteiger partial charge in [-0.1, -0.05) is 74.8 Å². The highest BCUT2D eigenvalue weighted by atomic mass is 35.5. The molecule has 252 valence electrons. The molecule has 0 radical (unpaired) electrons. The fraction of sp³-hybridized carbons (Fsp3) is 0.500. The topological polar surface area (TPSA) is 133 Å². The molecule has 2 aliphatic heterocycles. The maximum atomic E-state index is 13.6. The van der Waals surface area contributed by atoms with Crippen LogP contribution < -0.4 is 15.4 Å². The lowest BCUT2D eigenvalue weighted by atomic mass is 9.93. The molecule has 3 aliphatic rings. The first-order chi connectivity index (χ1) is 22.5. The van der Waals surface area contributed by atoms with E-state index in [4.69, 9.17) is 30.5 Å². The molecule has 10 nitrogen and oxygen atoms in total. The number of hydrogen-bond acceptors (Lipinski definition) is 8. The van der Waals surface area contributed by atoms with E-state index in [1.165, 1.54) is 13.2 Å². The Bertz CT molecular complexity index is 1490. The molecule has 2 amide bonds. The zero-order valence-corrected chi connectivity index (χ0v) is 28.0. The first-order valence-corrected chi connectivity index (χ1v) is 16.6. The minimum absolute atomic E-state index is 0.0131. The zero-order chi connectivity index (χ0) is 33.7. The average Bonchev–Trinajstić information content (AvgIpc) is 3.98. The summed E-state index contributed by atoms with van der Waals surface area (Å²) in [6, 6.07) is 14.0. The van der Waals surface area contributed by atoms with Gasteiger partial charge in [0, 0.05) is 25.3 Å². The number of cyclic esters (lactones) is 2. The van der Waals surface area contributed by atoms with Crippen LogP contribution in [0.1, 0.15) is 63.7 Å². The number of esters is 2. The van der Waals surface area contributed by atoms with Crippen molar-refractivity contribution >= 4 is 35.4 Å². The fourth-order valence-corrected chi connectivity index (χ4v) is 6.19. The van der Waals surface area contributed by atoms with E-state index in [0.717, 1.165) is 5.56 Å². The van der Waals surface area contributed by atoms with Gasteiger partial charge in [0.25, 0.3) is 0 Å². The third-order valence-corrected chi connectivity index (χ3v) is 9.33. The van der Waals surface area contributed by atoms with Crippen molar-refractivity contribution in [3.8, 4) is 5.75 Å². The van der Waals surface area contributed by atoms with Gasteiger partial charge >= 0.3 is 11.9 Å². The van der Waals surface area contributed by atoms with Crippen LogP contribution in [0.4, 0.5) is 0 Å². The van der Waals surface area contributed by atoms with Gasteiger partial charge in [-0.15, -0.1) is 0 Å². The average molecular weight is 667 g/mol. The van der Waals surface area contributed by atoms with Gasteiger partial charge in [-0.25, -0.2) is 4.79 Å². The quantitative estimate of drug-likeness (QED) is 0.301. The van der Waals surface area contributed by atoms with E-state index in [0.29, 0.717) is 29.2 Å². The standard InChI is InChI=1S/C36H43ClN2O8/c1-21(2)17-29-34(42)45-27(22(3)31-32(47-31)24-9-6-5-7-10-24)11-8-12-30(40)39-26(19-23-13-14-28(44-4)25(37)18-23)33(41)38-20-36(15-16-36)35(43)46-29/h5-10,12-14,18,21-22,26-27,29,31-32H,11,15-17,19-20H2,1-4H3,(H,38,41)(H,39,40)/t22-,26+,27-,29-,31?,32?/m0/s1. The number of benzene rings is 2. The van der Waals surface area contributed by atoms with Gasteiger partial charge in [0.2, 0.25) is 11.8 Å². The Hall–Kier alpha value is -3.89. The number of carbonyl (C=O) groups excluding carboxylic acids is 4. The second-order valence-corrected chi connectivity index (χ2v) is 13.6. The summed E-state index contributed by atoms with van der Waals surface area (Å²) in [6.07, 6.45) is 2.51. The molecule has 2 unspecified atom stereocenters. The van der Waals surface area contributed by atoms with E-state index in [9.17, 15) is 19.2 Å². The van der Waals surface area contributed by atoms with Gasteiger partial charge in [0.05, 0.1) is 23.7 Å². The summed E-state index contributed by atoms with van der Waals surface area (Å²) in [5, 5.41) is 6.00. The van der Waals surface area contributed by atoms with E-state index in [2.05, 4.69) is 10.6 Å². The van der Waals surface area contributed by atoms with Gasteiger partial charge in [-0.05, 0) is 54.5 Å². The Labute approximate surface area is 280 Å². The summed E-state index contributed by atoms with van der Waals surface area (Å²) in [7, 11) is 1.51. The van der Waals surface area contributed by atoms with Crippen LogP contribution in [0.5, 0.6) is 5.75 Å².